The van der Waals surface area contributed by atoms with Gasteiger partial charge in [-0.3, -0.25) is 0 Å². The zero-order valence-corrected chi connectivity index (χ0v) is 13.1. The predicted molar refractivity (Wildman–Crippen MR) is 81.6 cm³/mol. The third kappa shape index (κ3) is 4.40. The summed E-state index contributed by atoms with van der Waals surface area (Å²) in [7, 11) is 0. The van der Waals surface area contributed by atoms with Gasteiger partial charge in [0.15, 0.2) is 0 Å². The minimum absolute atomic E-state index is 0.548. The van der Waals surface area contributed by atoms with Crippen molar-refractivity contribution in [2.75, 3.05) is 0 Å². The van der Waals surface area contributed by atoms with E-state index in [-0.39, 0.29) is 0 Å². The minimum Gasteiger partial charge on any atom is -0.310 e. The molecule has 1 fully saturated rings. The summed E-state index contributed by atoms with van der Waals surface area (Å²) in [6, 6.07) is 9.28. The van der Waals surface area contributed by atoms with Gasteiger partial charge in [0.1, 0.15) is 0 Å². The third-order valence-electron chi connectivity index (χ3n) is 4.06. The highest BCUT2D eigenvalue weighted by atomic mass is 79.9. The Bertz CT molecular complexity index is 386. The lowest BCUT2D eigenvalue weighted by molar-refractivity contribution is 0.309. The summed E-state index contributed by atoms with van der Waals surface area (Å²) in [4.78, 5) is 0. The smallest absolute Gasteiger partial charge is 0.0208 e. The molecule has 1 aliphatic carbocycles. The van der Waals surface area contributed by atoms with Gasteiger partial charge in [-0.15, -0.1) is 0 Å². The van der Waals surface area contributed by atoms with Crippen LogP contribution < -0.4 is 5.32 Å². The maximum absolute atomic E-state index is 3.72. The molecule has 0 radical (unpaired) electrons. The predicted octanol–water partition coefficient (Wildman–Crippen LogP) is 4.90. The number of benzene rings is 1. The highest BCUT2D eigenvalue weighted by Crippen LogP contribution is 2.33. The van der Waals surface area contributed by atoms with Crippen molar-refractivity contribution in [1.82, 2.24) is 5.32 Å². The van der Waals surface area contributed by atoms with Crippen molar-refractivity contribution in [3.05, 3.63) is 34.3 Å². The standard InChI is InChI=1S/C16H24BrN/c1-16(2)9-4-7-15(8-10-16)18-12-13-5-3-6-14(17)11-13/h3,5-6,11,15,18H,4,7-10,12H2,1-2H3. The molecule has 18 heavy (non-hydrogen) atoms. The van der Waals surface area contributed by atoms with Crippen molar-refractivity contribution in [3.8, 4) is 0 Å². The third-order valence-corrected chi connectivity index (χ3v) is 4.55. The summed E-state index contributed by atoms with van der Waals surface area (Å²) < 4.78 is 1.17. The molecule has 100 valence electrons. The van der Waals surface area contributed by atoms with Crippen LogP contribution in [0.2, 0.25) is 0 Å². The Balaban J connectivity index is 1.83. The summed E-state index contributed by atoms with van der Waals surface area (Å²) >= 11 is 3.53. The van der Waals surface area contributed by atoms with E-state index in [0.717, 1.165) is 6.54 Å². The SMILES string of the molecule is CC1(C)CCCC(NCc2cccc(Br)c2)CC1. The molecule has 0 amide bonds. The summed E-state index contributed by atoms with van der Waals surface area (Å²) in [6.45, 7) is 5.80. The molecule has 1 unspecified atom stereocenters. The molecule has 2 heteroatoms. The number of hydrogen-bond donors (Lipinski definition) is 1. The fourth-order valence-electron chi connectivity index (χ4n) is 2.77. The zero-order chi connectivity index (χ0) is 13.0. The molecule has 1 aliphatic rings. The molecule has 1 aromatic carbocycles. The van der Waals surface area contributed by atoms with Gasteiger partial charge >= 0.3 is 0 Å². The second kappa shape index (κ2) is 6.21. The first kappa shape index (κ1) is 14.1. The second-order valence-electron chi connectivity index (χ2n) is 6.30. The van der Waals surface area contributed by atoms with Crippen LogP contribution in [0.25, 0.3) is 0 Å². The maximum atomic E-state index is 3.72. The van der Waals surface area contributed by atoms with Crippen LogP contribution in [0.1, 0.15) is 51.5 Å². The molecule has 1 saturated carbocycles. The highest BCUT2D eigenvalue weighted by Gasteiger charge is 2.23. The quantitative estimate of drug-likeness (QED) is 0.783. The Morgan fingerprint density at radius 3 is 2.89 bits per heavy atom. The number of hydrogen-bond acceptors (Lipinski definition) is 1. The van der Waals surface area contributed by atoms with Crippen LogP contribution in [0, 0.1) is 5.41 Å². The van der Waals surface area contributed by atoms with Crippen molar-refractivity contribution in [3.63, 3.8) is 0 Å². The summed E-state index contributed by atoms with van der Waals surface area (Å²) in [5, 5.41) is 3.72. The Labute approximate surface area is 119 Å². The molecule has 1 nitrogen and oxygen atoms in total. The molecule has 0 aliphatic heterocycles. The second-order valence-corrected chi connectivity index (χ2v) is 7.22. The van der Waals surface area contributed by atoms with Crippen molar-refractivity contribution in [2.45, 2.75) is 58.5 Å². The van der Waals surface area contributed by atoms with Gasteiger partial charge in [-0.25, -0.2) is 0 Å². The summed E-state index contributed by atoms with van der Waals surface area (Å²) in [6.07, 6.45) is 6.74. The monoisotopic (exact) mass is 309 g/mol. The van der Waals surface area contributed by atoms with E-state index in [4.69, 9.17) is 0 Å². The molecular weight excluding hydrogens is 286 g/mol. The maximum Gasteiger partial charge on any atom is 0.0208 e. The summed E-state index contributed by atoms with van der Waals surface area (Å²) in [5.74, 6) is 0. The number of nitrogens with one attached hydrogen (secondary N) is 1. The van der Waals surface area contributed by atoms with Crippen molar-refractivity contribution in [2.24, 2.45) is 5.41 Å². The van der Waals surface area contributed by atoms with E-state index >= 15 is 0 Å². The normalized spacial score (nSPS) is 23.6. The van der Waals surface area contributed by atoms with Crippen molar-refractivity contribution in [1.29, 1.82) is 0 Å². The molecule has 1 aromatic rings. The fourth-order valence-corrected chi connectivity index (χ4v) is 3.22. The Kier molecular flexibility index (Phi) is 4.85. The van der Waals surface area contributed by atoms with Gasteiger partial charge in [0.25, 0.3) is 0 Å². The average Bonchev–Trinajstić information content (AvgIpc) is 2.48. The fraction of sp³-hybridized carbons (Fsp3) is 0.625. The Morgan fingerprint density at radius 1 is 1.28 bits per heavy atom. The molecule has 0 bridgehead atoms. The van der Waals surface area contributed by atoms with Gasteiger partial charge in [0, 0.05) is 17.1 Å². The van der Waals surface area contributed by atoms with Gasteiger partial charge in [-0.2, -0.15) is 0 Å². The lowest BCUT2D eigenvalue weighted by Gasteiger charge is -2.22. The van der Waals surface area contributed by atoms with E-state index in [9.17, 15) is 0 Å². The Hall–Kier alpha value is -0.340. The van der Waals surface area contributed by atoms with Gasteiger partial charge < -0.3 is 5.32 Å². The molecule has 0 saturated heterocycles. The van der Waals surface area contributed by atoms with E-state index < -0.39 is 0 Å². The molecule has 1 atom stereocenters. The molecule has 0 aromatic heterocycles. The zero-order valence-electron chi connectivity index (χ0n) is 11.5. The lowest BCUT2D eigenvalue weighted by atomic mass is 9.85. The van der Waals surface area contributed by atoms with E-state index in [0.29, 0.717) is 11.5 Å². The first-order chi connectivity index (χ1) is 8.55. The minimum atomic E-state index is 0.548. The largest absolute Gasteiger partial charge is 0.310 e. The van der Waals surface area contributed by atoms with Crippen LogP contribution in [-0.2, 0) is 6.54 Å². The first-order valence-electron chi connectivity index (χ1n) is 7.03. The molecule has 0 spiro atoms. The topological polar surface area (TPSA) is 12.0 Å². The molecule has 2 rings (SSSR count). The molecule has 1 N–H and O–H groups in total. The van der Waals surface area contributed by atoms with E-state index in [1.807, 2.05) is 0 Å². The van der Waals surface area contributed by atoms with Crippen LogP contribution in [0.4, 0.5) is 0 Å². The highest BCUT2D eigenvalue weighted by molar-refractivity contribution is 9.10. The van der Waals surface area contributed by atoms with E-state index in [2.05, 4.69) is 59.4 Å². The van der Waals surface area contributed by atoms with Crippen LogP contribution in [0.5, 0.6) is 0 Å². The summed E-state index contributed by atoms with van der Waals surface area (Å²) in [5.41, 5.74) is 1.92. The van der Waals surface area contributed by atoms with Crippen molar-refractivity contribution >= 4 is 15.9 Å². The first-order valence-corrected chi connectivity index (χ1v) is 7.82. The number of halogens is 1. The molecular formula is C16H24BrN. The van der Waals surface area contributed by atoms with Crippen molar-refractivity contribution < 1.29 is 0 Å². The Morgan fingerprint density at radius 2 is 2.11 bits per heavy atom. The lowest BCUT2D eigenvalue weighted by Crippen LogP contribution is -2.28. The van der Waals surface area contributed by atoms with E-state index in [1.165, 1.54) is 42.1 Å². The van der Waals surface area contributed by atoms with Gasteiger partial charge in [-0.1, -0.05) is 48.3 Å². The van der Waals surface area contributed by atoms with E-state index in [1.54, 1.807) is 0 Å². The average molecular weight is 310 g/mol. The molecule has 0 heterocycles. The van der Waals surface area contributed by atoms with Crippen LogP contribution in [-0.4, -0.2) is 6.04 Å². The number of rotatable bonds is 3. The van der Waals surface area contributed by atoms with Crippen LogP contribution in [0.3, 0.4) is 0 Å². The van der Waals surface area contributed by atoms with Gasteiger partial charge in [-0.05, 0) is 48.8 Å². The van der Waals surface area contributed by atoms with Gasteiger partial charge in [0.05, 0.1) is 0 Å². The van der Waals surface area contributed by atoms with Crippen LogP contribution in [0.15, 0.2) is 28.7 Å². The van der Waals surface area contributed by atoms with Crippen LogP contribution >= 0.6 is 15.9 Å². The van der Waals surface area contributed by atoms with Gasteiger partial charge in [0.2, 0.25) is 0 Å².